The third-order valence-electron chi connectivity index (χ3n) is 2.59. The van der Waals surface area contributed by atoms with Gasteiger partial charge in [-0.2, -0.15) is 4.99 Å². The van der Waals surface area contributed by atoms with E-state index in [1.807, 2.05) is 0 Å². The van der Waals surface area contributed by atoms with Crippen LogP contribution in [0, 0.1) is 0 Å². The van der Waals surface area contributed by atoms with E-state index in [1.165, 1.54) is 24.4 Å². The Morgan fingerprint density at radius 3 is 2.48 bits per heavy atom. The number of guanidine groups is 1. The Kier molecular flexibility index (Phi) is 5.23. The first-order valence-electron chi connectivity index (χ1n) is 5.97. The van der Waals surface area contributed by atoms with Crippen molar-refractivity contribution in [1.29, 1.82) is 0 Å². The lowest BCUT2D eigenvalue weighted by Gasteiger charge is -2.13. The van der Waals surface area contributed by atoms with Gasteiger partial charge in [0.1, 0.15) is 0 Å². The normalized spacial score (nSPS) is 13.6. The van der Waals surface area contributed by atoms with Crippen LogP contribution in [0.1, 0.15) is 24.2 Å². The second-order valence-electron chi connectivity index (χ2n) is 4.37. The molecule has 0 fully saturated rings. The van der Waals surface area contributed by atoms with Crippen LogP contribution in [-0.4, -0.2) is 31.6 Å². The summed E-state index contributed by atoms with van der Waals surface area (Å²) in [5, 5.41) is 9.81. The predicted molar refractivity (Wildman–Crippen MR) is 82.7 cm³/mol. The monoisotopic (exact) mass is 310 g/mol. The van der Waals surface area contributed by atoms with Crippen LogP contribution in [0.4, 0.5) is 0 Å². The summed E-state index contributed by atoms with van der Waals surface area (Å²) in [4.78, 5) is 7.85. The molecule has 0 radical (unpaired) electrons. The quantitative estimate of drug-likeness (QED) is 0.544. The molecule has 0 saturated carbocycles. The highest BCUT2D eigenvalue weighted by atomic mass is 32.2. The van der Waals surface area contributed by atoms with Crippen molar-refractivity contribution in [3.05, 3.63) is 42.1 Å². The number of amidine groups is 1. The third-order valence-corrected chi connectivity index (χ3v) is 3.70. The Bertz CT molecular complexity index is 702. The van der Waals surface area contributed by atoms with Crippen molar-refractivity contribution in [1.82, 2.24) is 0 Å². The minimum atomic E-state index is -3.42. The maximum Gasteiger partial charge on any atom is 0.192 e. The van der Waals surface area contributed by atoms with Crippen molar-refractivity contribution in [3.8, 4) is 0 Å². The number of aliphatic hydroxyl groups excluding tert-OH is 1. The van der Waals surface area contributed by atoms with Crippen LogP contribution in [0.5, 0.6) is 0 Å². The minimum absolute atomic E-state index is 0.0736. The molecule has 0 heterocycles. The highest BCUT2D eigenvalue weighted by Crippen LogP contribution is 2.23. The van der Waals surface area contributed by atoms with E-state index < -0.39 is 15.9 Å². The Morgan fingerprint density at radius 1 is 1.43 bits per heavy atom. The van der Waals surface area contributed by atoms with Crippen LogP contribution in [0.25, 0.3) is 0 Å². The van der Waals surface area contributed by atoms with Gasteiger partial charge in [0.25, 0.3) is 0 Å². The van der Waals surface area contributed by atoms with Crippen LogP contribution < -0.4 is 11.5 Å². The number of nitrogens with two attached hydrogens (primary N) is 2. The van der Waals surface area contributed by atoms with Gasteiger partial charge in [-0.1, -0.05) is 12.6 Å². The summed E-state index contributed by atoms with van der Waals surface area (Å²) in [7, 11) is -3.42. The van der Waals surface area contributed by atoms with Gasteiger partial charge >= 0.3 is 0 Å². The first kappa shape index (κ1) is 16.9. The average Bonchev–Trinajstić information content (AvgIpc) is 2.35. The molecule has 0 aromatic heterocycles. The summed E-state index contributed by atoms with van der Waals surface area (Å²) in [6, 6.07) is 4.27. The van der Waals surface area contributed by atoms with Crippen molar-refractivity contribution in [3.63, 3.8) is 0 Å². The summed E-state index contributed by atoms with van der Waals surface area (Å²) in [5.41, 5.74) is 11.5. The van der Waals surface area contributed by atoms with Crippen molar-refractivity contribution < 1.29 is 13.5 Å². The summed E-state index contributed by atoms with van der Waals surface area (Å²) in [6.45, 7) is 5.00. The van der Waals surface area contributed by atoms with Crippen LogP contribution in [0.3, 0.4) is 0 Å². The Balaban J connectivity index is 3.66. The molecule has 1 atom stereocenters. The van der Waals surface area contributed by atoms with E-state index in [9.17, 15) is 13.5 Å². The van der Waals surface area contributed by atoms with E-state index in [-0.39, 0.29) is 16.7 Å². The summed E-state index contributed by atoms with van der Waals surface area (Å²) in [6.07, 6.45) is 1.46. The van der Waals surface area contributed by atoms with Gasteiger partial charge in [0.2, 0.25) is 0 Å². The van der Waals surface area contributed by atoms with E-state index in [0.29, 0.717) is 11.1 Å². The molecule has 8 heteroatoms. The van der Waals surface area contributed by atoms with Gasteiger partial charge in [0.15, 0.2) is 21.6 Å². The van der Waals surface area contributed by atoms with Crippen LogP contribution >= 0.6 is 0 Å². The first-order valence-corrected chi connectivity index (χ1v) is 7.86. The SMILES string of the molecule is C=CN=C(N=C(N)N)c1cc(S(C)(=O)=O)ccc1C(C)O. The number of aliphatic imine (C=N–C) groups is 2. The molecule has 7 nitrogen and oxygen atoms in total. The largest absolute Gasteiger partial charge is 0.389 e. The number of benzene rings is 1. The molecule has 1 aromatic carbocycles. The molecule has 0 saturated heterocycles. The first-order chi connectivity index (χ1) is 9.66. The van der Waals surface area contributed by atoms with Gasteiger partial charge in [0, 0.05) is 18.0 Å². The second-order valence-corrected chi connectivity index (χ2v) is 6.38. The summed E-state index contributed by atoms with van der Waals surface area (Å²) >= 11 is 0. The van der Waals surface area contributed by atoms with E-state index in [1.54, 1.807) is 6.92 Å². The highest BCUT2D eigenvalue weighted by molar-refractivity contribution is 7.90. The summed E-state index contributed by atoms with van der Waals surface area (Å²) in [5.74, 6) is -0.164. The topological polar surface area (TPSA) is 131 Å². The molecule has 0 amide bonds. The number of hydrogen-bond acceptors (Lipinski definition) is 4. The zero-order valence-corrected chi connectivity index (χ0v) is 12.6. The molecular formula is C13H18N4O3S. The van der Waals surface area contributed by atoms with Gasteiger partial charge in [-0.05, 0) is 24.6 Å². The zero-order valence-electron chi connectivity index (χ0n) is 11.8. The minimum Gasteiger partial charge on any atom is -0.389 e. The number of sulfone groups is 1. The molecule has 0 spiro atoms. The molecule has 1 rings (SSSR count). The molecule has 1 unspecified atom stereocenters. The van der Waals surface area contributed by atoms with Crippen LogP contribution in [-0.2, 0) is 9.84 Å². The standard InChI is InChI=1S/C13H18N4O3S/c1-4-16-12(17-13(14)15)11-7-9(21(3,19)20)5-6-10(11)8(2)18/h4-8,18H,1H2,2-3H3,(H4,14,15,16,17). The molecule has 0 aliphatic heterocycles. The maximum absolute atomic E-state index is 11.7. The van der Waals surface area contributed by atoms with E-state index in [0.717, 1.165) is 6.26 Å². The lowest BCUT2D eigenvalue weighted by molar-refractivity contribution is 0.199. The number of nitrogens with zero attached hydrogens (tertiary/aromatic N) is 2. The molecule has 1 aromatic rings. The lowest BCUT2D eigenvalue weighted by atomic mass is 10.0. The van der Waals surface area contributed by atoms with Crippen LogP contribution in [0.15, 0.2) is 45.9 Å². The van der Waals surface area contributed by atoms with E-state index >= 15 is 0 Å². The Labute approximate surface area is 123 Å². The van der Waals surface area contributed by atoms with Gasteiger partial charge in [-0.15, -0.1) is 0 Å². The van der Waals surface area contributed by atoms with Crippen molar-refractivity contribution in [2.45, 2.75) is 17.9 Å². The number of rotatable bonds is 4. The third kappa shape index (κ3) is 4.40. The van der Waals surface area contributed by atoms with Crippen LogP contribution in [0.2, 0.25) is 0 Å². The molecule has 114 valence electrons. The van der Waals surface area contributed by atoms with E-state index in [4.69, 9.17) is 11.5 Å². The van der Waals surface area contributed by atoms with E-state index in [2.05, 4.69) is 16.6 Å². The van der Waals surface area contributed by atoms with Crippen molar-refractivity contribution in [2.24, 2.45) is 21.5 Å². The zero-order chi connectivity index (χ0) is 16.2. The average molecular weight is 310 g/mol. The molecule has 21 heavy (non-hydrogen) atoms. The molecule has 0 aliphatic rings. The fourth-order valence-corrected chi connectivity index (χ4v) is 2.34. The molecular weight excluding hydrogens is 292 g/mol. The number of hydrogen-bond donors (Lipinski definition) is 3. The van der Waals surface area contributed by atoms with Gasteiger partial charge in [-0.25, -0.2) is 13.4 Å². The van der Waals surface area contributed by atoms with Gasteiger partial charge < -0.3 is 16.6 Å². The molecule has 0 bridgehead atoms. The lowest BCUT2D eigenvalue weighted by Crippen LogP contribution is -2.25. The second kappa shape index (κ2) is 6.51. The Hall–Kier alpha value is -2.19. The molecule has 0 aliphatic carbocycles. The fourth-order valence-electron chi connectivity index (χ4n) is 1.69. The predicted octanol–water partition coefficient (Wildman–Crippen LogP) is 0.307. The smallest absolute Gasteiger partial charge is 0.192 e. The van der Waals surface area contributed by atoms with Crippen molar-refractivity contribution >= 4 is 21.6 Å². The highest BCUT2D eigenvalue weighted by Gasteiger charge is 2.17. The maximum atomic E-state index is 11.7. The molecule has 5 N–H and O–H groups in total. The Morgan fingerprint density at radius 2 is 2.05 bits per heavy atom. The van der Waals surface area contributed by atoms with Gasteiger partial charge in [0.05, 0.1) is 11.0 Å². The number of aliphatic hydroxyl groups is 1. The van der Waals surface area contributed by atoms with Gasteiger partial charge in [-0.3, -0.25) is 0 Å². The fraction of sp³-hybridized carbons (Fsp3) is 0.231. The van der Waals surface area contributed by atoms with Crippen molar-refractivity contribution in [2.75, 3.05) is 6.26 Å². The summed E-state index contributed by atoms with van der Waals surface area (Å²) < 4.78 is 23.3.